The van der Waals surface area contributed by atoms with Crippen molar-refractivity contribution in [3.05, 3.63) is 0 Å². The summed E-state index contributed by atoms with van der Waals surface area (Å²) in [6.07, 6.45) is 2.45. The van der Waals surface area contributed by atoms with Gasteiger partial charge in [0.05, 0.1) is 0 Å². The molecule has 0 saturated heterocycles. The van der Waals surface area contributed by atoms with Gasteiger partial charge in [-0.25, -0.2) is 5.84 Å². The van der Waals surface area contributed by atoms with E-state index < -0.39 is 0 Å². The summed E-state index contributed by atoms with van der Waals surface area (Å²) in [5.41, 5.74) is 2.03. The Hall–Kier alpha value is -0.900. The average molecular weight is 158 g/mol. The molecule has 0 aliphatic carbocycles. The molecule has 0 aliphatic rings. The molecule has 0 unspecified atom stereocenters. The molecule has 0 aromatic rings. The Morgan fingerprint density at radius 3 is 2.27 bits per heavy atom. The van der Waals surface area contributed by atoms with Crippen LogP contribution in [0, 0.1) is 0 Å². The van der Waals surface area contributed by atoms with Gasteiger partial charge in [0.25, 0.3) is 0 Å². The summed E-state index contributed by atoms with van der Waals surface area (Å²) in [4.78, 5) is 21.0. The molecule has 64 valence electrons. The number of rotatable bonds is 5. The number of nitrogens with one attached hydrogen (secondary N) is 1. The second-order valence-corrected chi connectivity index (χ2v) is 2.48. The number of carbonyl (C=O) groups excluding carboxylic acids is 2. The number of amides is 1. The first-order chi connectivity index (χ1) is 5.16. The third kappa shape index (κ3) is 6.99. The maximum Gasteiger partial charge on any atom is 0.233 e. The highest BCUT2D eigenvalue weighted by Gasteiger charge is 1.98. The molecule has 3 N–H and O–H groups in total. The number of hydrazine groups is 1. The summed E-state index contributed by atoms with van der Waals surface area (Å²) >= 11 is 0. The van der Waals surface area contributed by atoms with Gasteiger partial charge in [-0.1, -0.05) is 0 Å². The van der Waals surface area contributed by atoms with Crippen molar-refractivity contribution in [3.63, 3.8) is 0 Å². The minimum absolute atomic E-state index is 0.165. The van der Waals surface area contributed by atoms with E-state index in [4.69, 9.17) is 5.84 Å². The Kier molecular flexibility index (Phi) is 5.37. The van der Waals surface area contributed by atoms with Gasteiger partial charge in [0, 0.05) is 12.8 Å². The first-order valence-corrected chi connectivity index (χ1v) is 3.65. The van der Waals surface area contributed by atoms with Crippen LogP contribution in [-0.2, 0) is 9.59 Å². The van der Waals surface area contributed by atoms with Crippen LogP contribution in [0.5, 0.6) is 0 Å². The Bertz CT molecular complexity index is 145. The van der Waals surface area contributed by atoms with E-state index in [2.05, 4.69) is 0 Å². The standard InChI is InChI=1S/C7H14N2O2/c1-6(10)4-2-3-5-7(11)9-8/h2-5,8H2,1H3,(H,9,11). The Balaban J connectivity index is 3.14. The molecule has 1 amide bonds. The number of nitrogens with two attached hydrogens (primary N) is 1. The lowest BCUT2D eigenvalue weighted by atomic mass is 10.1. The van der Waals surface area contributed by atoms with Crippen molar-refractivity contribution < 1.29 is 9.59 Å². The van der Waals surface area contributed by atoms with Gasteiger partial charge < -0.3 is 4.79 Å². The van der Waals surface area contributed by atoms with E-state index in [1.807, 2.05) is 5.43 Å². The summed E-state index contributed by atoms with van der Waals surface area (Å²) in [6.45, 7) is 1.54. The lowest BCUT2D eigenvalue weighted by molar-refractivity contribution is -0.121. The molecule has 0 radical (unpaired) electrons. The molecule has 0 aliphatic heterocycles. The van der Waals surface area contributed by atoms with Crippen LogP contribution in [0.3, 0.4) is 0 Å². The average Bonchev–Trinajstić information content (AvgIpc) is 1.97. The number of Topliss-reactive ketones (excluding diaryl/α,β-unsaturated/α-hetero) is 1. The fraction of sp³-hybridized carbons (Fsp3) is 0.714. The Labute approximate surface area is 66.1 Å². The van der Waals surface area contributed by atoms with E-state index in [1.165, 1.54) is 0 Å². The highest BCUT2D eigenvalue weighted by atomic mass is 16.2. The smallest absolute Gasteiger partial charge is 0.233 e. The largest absolute Gasteiger partial charge is 0.300 e. The van der Waals surface area contributed by atoms with E-state index in [0.717, 1.165) is 12.8 Å². The van der Waals surface area contributed by atoms with Gasteiger partial charge in [-0.15, -0.1) is 0 Å². The van der Waals surface area contributed by atoms with Crippen LogP contribution in [0.2, 0.25) is 0 Å². The van der Waals surface area contributed by atoms with Gasteiger partial charge in [0.2, 0.25) is 5.91 Å². The molecular formula is C7H14N2O2. The summed E-state index contributed by atoms with van der Waals surface area (Å²) in [5, 5.41) is 0. The summed E-state index contributed by atoms with van der Waals surface area (Å²) < 4.78 is 0. The van der Waals surface area contributed by atoms with Gasteiger partial charge in [-0.05, 0) is 19.8 Å². The zero-order valence-corrected chi connectivity index (χ0v) is 6.72. The van der Waals surface area contributed by atoms with E-state index >= 15 is 0 Å². The molecule has 0 rings (SSSR count). The topological polar surface area (TPSA) is 72.2 Å². The van der Waals surface area contributed by atoms with Crippen LogP contribution in [-0.4, -0.2) is 11.7 Å². The van der Waals surface area contributed by atoms with Crippen molar-refractivity contribution >= 4 is 11.7 Å². The van der Waals surface area contributed by atoms with Gasteiger partial charge in [0.15, 0.2) is 0 Å². The Morgan fingerprint density at radius 1 is 1.27 bits per heavy atom. The van der Waals surface area contributed by atoms with Crippen LogP contribution in [0.25, 0.3) is 0 Å². The van der Waals surface area contributed by atoms with Crippen LogP contribution < -0.4 is 11.3 Å². The third-order valence-corrected chi connectivity index (χ3v) is 1.34. The molecule has 0 heterocycles. The van der Waals surface area contributed by atoms with Crippen molar-refractivity contribution in [3.8, 4) is 0 Å². The number of carbonyl (C=O) groups is 2. The molecule has 0 atom stereocenters. The fourth-order valence-electron chi connectivity index (χ4n) is 0.732. The summed E-state index contributed by atoms with van der Waals surface area (Å²) in [6, 6.07) is 0. The fourth-order valence-corrected chi connectivity index (χ4v) is 0.732. The third-order valence-electron chi connectivity index (χ3n) is 1.34. The van der Waals surface area contributed by atoms with Gasteiger partial charge in [0.1, 0.15) is 5.78 Å². The maximum atomic E-state index is 10.5. The highest BCUT2D eigenvalue weighted by Crippen LogP contribution is 1.99. The number of ketones is 1. The van der Waals surface area contributed by atoms with Gasteiger partial charge >= 0.3 is 0 Å². The van der Waals surface area contributed by atoms with E-state index in [-0.39, 0.29) is 11.7 Å². The molecule has 0 saturated carbocycles. The predicted molar refractivity (Wildman–Crippen MR) is 41.5 cm³/mol. The first kappa shape index (κ1) is 10.1. The second-order valence-electron chi connectivity index (χ2n) is 2.48. The van der Waals surface area contributed by atoms with E-state index in [9.17, 15) is 9.59 Å². The molecule has 0 fully saturated rings. The normalized spacial score (nSPS) is 9.27. The van der Waals surface area contributed by atoms with E-state index in [1.54, 1.807) is 6.92 Å². The molecule has 0 bridgehead atoms. The number of unbranched alkanes of at least 4 members (excludes halogenated alkanes) is 1. The highest BCUT2D eigenvalue weighted by molar-refractivity contribution is 5.76. The van der Waals surface area contributed by atoms with Gasteiger partial charge in [-0.3, -0.25) is 10.2 Å². The molecule has 4 heteroatoms. The van der Waals surface area contributed by atoms with Crippen LogP contribution in [0.15, 0.2) is 0 Å². The minimum Gasteiger partial charge on any atom is -0.300 e. The van der Waals surface area contributed by atoms with Crippen molar-refractivity contribution in [2.45, 2.75) is 32.6 Å². The lowest BCUT2D eigenvalue weighted by Crippen LogP contribution is -2.29. The van der Waals surface area contributed by atoms with E-state index in [0.29, 0.717) is 12.8 Å². The zero-order valence-electron chi connectivity index (χ0n) is 6.72. The summed E-state index contributed by atoms with van der Waals surface area (Å²) in [5.74, 6) is 4.84. The quantitative estimate of drug-likeness (QED) is 0.258. The van der Waals surface area contributed by atoms with Crippen LogP contribution >= 0.6 is 0 Å². The van der Waals surface area contributed by atoms with Crippen LogP contribution in [0.1, 0.15) is 32.6 Å². The van der Waals surface area contributed by atoms with Crippen molar-refractivity contribution in [2.75, 3.05) is 0 Å². The number of hydrogen-bond donors (Lipinski definition) is 2. The maximum absolute atomic E-state index is 10.5. The molecule has 0 aromatic heterocycles. The second kappa shape index (κ2) is 5.85. The van der Waals surface area contributed by atoms with Crippen LogP contribution in [0.4, 0.5) is 0 Å². The molecule has 0 aromatic carbocycles. The number of hydrogen-bond acceptors (Lipinski definition) is 3. The van der Waals surface area contributed by atoms with Crippen molar-refractivity contribution in [1.82, 2.24) is 5.43 Å². The van der Waals surface area contributed by atoms with Crippen molar-refractivity contribution in [2.24, 2.45) is 5.84 Å². The summed E-state index contributed by atoms with van der Waals surface area (Å²) in [7, 11) is 0. The minimum atomic E-state index is -0.173. The lowest BCUT2D eigenvalue weighted by Gasteiger charge is -1.97. The monoisotopic (exact) mass is 158 g/mol. The molecule has 0 spiro atoms. The Morgan fingerprint density at radius 2 is 1.82 bits per heavy atom. The molecular weight excluding hydrogens is 144 g/mol. The van der Waals surface area contributed by atoms with Gasteiger partial charge in [-0.2, -0.15) is 0 Å². The van der Waals surface area contributed by atoms with Crippen molar-refractivity contribution in [1.29, 1.82) is 0 Å². The molecule has 11 heavy (non-hydrogen) atoms. The zero-order chi connectivity index (χ0) is 8.69. The molecule has 4 nitrogen and oxygen atoms in total. The first-order valence-electron chi connectivity index (χ1n) is 3.65. The predicted octanol–water partition coefficient (Wildman–Crippen LogP) is 0.126. The SMILES string of the molecule is CC(=O)CCCCC(=O)NN.